The van der Waals surface area contributed by atoms with E-state index in [1.807, 2.05) is 0 Å². The number of nitrogens with two attached hydrogens (primary N) is 1. The Balaban J connectivity index is 2.28. The Hall–Kier alpha value is -1.78. The molecule has 106 valence electrons. The maximum absolute atomic E-state index is 13.7. The van der Waals surface area contributed by atoms with Crippen LogP contribution in [0.4, 0.5) is 10.1 Å². The Morgan fingerprint density at radius 2 is 2.10 bits per heavy atom. The minimum Gasteiger partial charge on any atom is -0.495 e. The number of methoxy groups -OCH3 is 1. The Kier molecular flexibility index (Phi) is 4.47. The standard InChI is InChI=1S/C15H15ClFNO2/c1-20-14-4-2-3-11(15(14)18)13(19)8-9-7-10(16)5-6-12(9)17/h2-7,13,19H,8,18H2,1H3. The zero-order valence-electron chi connectivity index (χ0n) is 10.9. The molecule has 2 rings (SSSR count). The number of ether oxygens (including phenoxy) is 1. The van der Waals surface area contributed by atoms with E-state index in [4.69, 9.17) is 22.1 Å². The fraction of sp³-hybridized carbons (Fsp3) is 0.200. The third kappa shape index (κ3) is 3.03. The summed E-state index contributed by atoms with van der Waals surface area (Å²) in [5, 5.41) is 10.7. The molecule has 0 aliphatic heterocycles. The summed E-state index contributed by atoms with van der Waals surface area (Å²) in [4.78, 5) is 0. The number of para-hydroxylation sites is 1. The van der Waals surface area contributed by atoms with Gasteiger partial charge in [-0.2, -0.15) is 0 Å². The first kappa shape index (κ1) is 14.6. The van der Waals surface area contributed by atoms with Crippen molar-refractivity contribution >= 4 is 17.3 Å². The molecular weight excluding hydrogens is 281 g/mol. The van der Waals surface area contributed by atoms with Crippen molar-refractivity contribution in [2.45, 2.75) is 12.5 Å². The monoisotopic (exact) mass is 295 g/mol. The van der Waals surface area contributed by atoms with Gasteiger partial charge in [0.25, 0.3) is 0 Å². The van der Waals surface area contributed by atoms with E-state index in [0.717, 1.165) is 0 Å². The van der Waals surface area contributed by atoms with Crippen LogP contribution >= 0.6 is 11.6 Å². The molecule has 0 aliphatic carbocycles. The summed E-state index contributed by atoms with van der Waals surface area (Å²) in [7, 11) is 1.50. The zero-order valence-corrected chi connectivity index (χ0v) is 11.7. The molecule has 2 aromatic carbocycles. The molecule has 1 unspecified atom stereocenters. The quantitative estimate of drug-likeness (QED) is 0.851. The van der Waals surface area contributed by atoms with E-state index < -0.39 is 11.9 Å². The highest BCUT2D eigenvalue weighted by Gasteiger charge is 2.16. The second-order valence-corrected chi connectivity index (χ2v) is 4.86. The number of aliphatic hydroxyl groups excluding tert-OH is 1. The van der Waals surface area contributed by atoms with Gasteiger partial charge >= 0.3 is 0 Å². The Bertz CT molecular complexity index is 619. The van der Waals surface area contributed by atoms with Gasteiger partial charge in [0.2, 0.25) is 0 Å². The SMILES string of the molecule is COc1cccc(C(O)Cc2cc(Cl)ccc2F)c1N. The van der Waals surface area contributed by atoms with Crippen molar-refractivity contribution in [1.29, 1.82) is 0 Å². The highest BCUT2D eigenvalue weighted by atomic mass is 35.5. The van der Waals surface area contributed by atoms with Gasteiger partial charge in [0.1, 0.15) is 11.6 Å². The molecule has 3 nitrogen and oxygen atoms in total. The lowest BCUT2D eigenvalue weighted by molar-refractivity contribution is 0.177. The molecule has 3 N–H and O–H groups in total. The molecule has 5 heteroatoms. The van der Waals surface area contributed by atoms with Crippen LogP contribution in [0.25, 0.3) is 0 Å². The molecule has 0 radical (unpaired) electrons. The molecule has 2 aromatic rings. The van der Waals surface area contributed by atoms with Gasteiger partial charge in [-0.15, -0.1) is 0 Å². The van der Waals surface area contributed by atoms with Gasteiger partial charge in [0, 0.05) is 17.0 Å². The van der Waals surface area contributed by atoms with Crippen molar-refractivity contribution in [2.24, 2.45) is 0 Å². The minimum atomic E-state index is -0.932. The molecule has 1 atom stereocenters. The van der Waals surface area contributed by atoms with E-state index in [2.05, 4.69) is 0 Å². The van der Waals surface area contributed by atoms with Gasteiger partial charge in [-0.25, -0.2) is 4.39 Å². The van der Waals surface area contributed by atoms with Crippen LogP contribution < -0.4 is 10.5 Å². The first-order chi connectivity index (χ1) is 9.52. The fourth-order valence-electron chi connectivity index (χ4n) is 2.05. The third-order valence-corrected chi connectivity index (χ3v) is 3.33. The number of nitrogen functional groups attached to an aromatic ring is 1. The number of halogens is 2. The summed E-state index contributed by atoms with van der Waals surface area (Å²) >= 11 is 5.83. The number of anilines is 1. The lowest BCUT2D eigenvalue weighted by atomic mass is 9.99. The van der Waals surface area contributed by atoms with Crippen LogP contribution in [0.15, 0.2) is 36.4 Å². The highest BCUT2D eigenvalue weighted by Crippen LogP contribution is 2.31. The zero-order chi connectivity index (χ0) is 14.7. The second-order valence-electron chi connectivity index (χ2n) is 4.42. The smallest absolute Gasteiger partial charge is 0.142 e. The van der Waals surface area contributed by atoms with Crippen molar-refractivity contribution in [3.63, 3.8) is 0 Å². The van der Waals surface area contributed by atoms with E-state index in [0.29, 0.717) is 27.6 Å². The first-order valence-corrected chi connectivity index (χ1v) is 6.45. The lowest BCUT2D eigenvalue weighted by Crippen LogP contribution is -2.07. The topological polar surface area (TPSA) is 55.5 Å². The second kappa shape index (κ2) is 6.11. The Morgan fingerprint density at radius 1 is 1.35 bits per heavy atom. The maximum atomic E-state index is 13.7. The highest BCUT2D eigenvalue weighted by molar-refractivity contribution is 6.30. The summed E-state index contributed by atoms with van der Waals surface area (Å²) in [6.07, 6.45) is -0.845. The lowest BCUT2D eigenvalue weighted by Gasteiger charge is -2.16. The molecule has 0 saturated carbocycles. The van der Waals surface area contributed by atoms with Crippen molar-refractivity contribution in [1.82, 2.24) is 0 Å². The van der Waals surface area contributed by atoms with Gasteiger partial charge < -0.3 is 15.6 Å². The van der Waals surface area contributed by atoms with Crippen LogP contribution in [0.5, 0.6) is 5.75 Å². The molecule has 20 heavy (non-hydrogen) atoms. The Labute approximate surface area is 121 Å². The van der Waals surface area contributed by atoms with Crippen LogP contribution in [0, 0.1) is 5.82 Å². The number of rotatable bonds is 4. The fourth-order valence-corrected chi connectivity index (χ4v) is 2.24. The molecular formula is C15H15ClFNO2. The average Bonchev–Trinajstić information content (AvgIpc) is 2.43. The molecule has 0 aliphatic rings. The van der Waals surface area contributed by atoms with Crippen LogP contribution in [0.3, 0.4) is 0 Å². The number of aliphatic hydroxyl groups is 1. The summed E-state index contributed by atoms with van der Waals surface area (Å²) in [5.41, 5.74) is 7.11. The predicted octanol–water partition coefficient (Wildman–Crippen LogP) is 3.35. The van der Waals surface area contributed by atoms with Crippen LogP contribution in [-0.2, 0) is 6.42 Å². The van der Waals surface area contributed by atoms with E-state index in [9.17, 15) is 9.50 Å². The van der Waals surface area contributed by atoms with Crippen molar-refractivity contribution in [3.05, 3.63) is 58.4 Å². The van der Waals surface area contributed by atoms with Crippen LogP contribution in [-0.4, -0.2) is 12.2 Å². The molecule has 0 heterocycles. The summed E-state index contributed by atoms with van der Waals surface area (Å²) in [5.74, 6) is 0.0723. The summed E-state index contributed by atoms with van der Waals surface area (Å²) in [6, 6.07) is 9.35. The van der Waals surface area contributed by atoms with Crippen molar-refractivity contribution < 1.29 is 14.2 Å². The van der Waals surface area contributed by atoms with E-state index >= 15 is 0 Å². The van der Waals surface area contributed by atoms with Crippen LogP contribution in [0.2, 0.25) is 5.02 Å². The Morgan fingerprint density at radius 3 is 2.80 bits per heavy atom. The van der Waals surface area contributed by atoms with Gasteiger partial charge in [-0.1, -0.05) is 23.7 Å². The molecule has 0 bridgehead atoms. The van der Waals surface area contributed by atoms with Crippen molar-refractivity contribution in [3.8, 4) is 5.75 Å². The van der Waals surface area contributed by atoms with E-state index in [-0.39, 0.29) is 6.42 Å². The molecule has 0 aromatic heterocycles. The van der Waals surface area contributed by atoms with E-state index in [1.54, 1.807) is 18.2 Å². The van der Waals surface area contributed by atoms with Crippen LogP contribution in [0.1, 0.15) is 17.2 Å². The summed E-state index contributed by atoms with van der Waals surface area (Å²) in [6.45, 7) is 0. The van der Waals surface area contributed by atoms with Gasteiger partial charge in [-0.3, -0.25) is 0 Å². The molecule has 0 fully saturated rings. The largest absolute Gasteiger partial charge is 0.495 e. The third-order valence-electron chi connectivity index (χ3n) is 3.10. The van der Waals surface area contributed by atoms with Gasteiger partial charge in [0.05, 0.1) is 18.9 Å². The summed E-state index contributed by atoms with van der Waals surface area (Å²) < 4.78 is 18.8. The molecule has 0 amide bonds. The van der Waals surface area contributed by atoms with E-state index in [1.165, 1.54) is 25.3 Å². The number of hydrogen-bond acceptors (Lipinski definition) is 3. The minimum absolute atomic E-state index is 0.0871. The molecule has 0 saturated heterocycles. The van der Waals surface area contributed by atoms with Gasteiger partial charge in [-0.05, 0) is 29.8 Å². The average molecular weight is 296 g/mol. The maximum Gasteiger partial charge on any atom is 0.142 e. The first-order valence-electron chi connectivity index (χ1n) is 6.07. The van der Waals surface area contributed by atoms with Crippen molar-refractivity contribution in [2.75, 3.05) is 12.8 Å². The predicted molar refractivity (Wildman–Crippen MR) is 77.5 cm³/mol. The number of hydrogen-bond donors (Lipinski definition) is 2. The normalized spacial score (nSPS) is 12.2. The molecule has 0 spiro atoms. The number of benzene rings is 2. The van der Waals surface area contributed by atoms with Gasteiger partial charge in [0.15, 0.2) is 0 Å².